The van der Waals surface area contributed by atoms with Crippen molar-refractivity contribution in [1.29, 1.82) is 0 Å². The van der Waals surface area contributed by atoms with Crippen LogP contribution >= 0.6 is 0 Å². The lowest BCUT2D eigenvalue weighted by atomic mass is 10.2. The number of carbonyl (C=O) groups is 2. The summed E-state index contributed by atoms with van der Waals surface area (Å²) < 4.78 is 31.4. The fourth-order valence-electron chi connectivity index (χ4n) is 3.77. The lowest BCUT2D eigenvalue weighted by molar-refractivity contribution is -0.133. The number of hydrogen-bond acceptors (Lipinski definition) is 6. The Hall–Kier alpha value is -4.66. The summed E-state index contributed by atoms with van der Waals surface area (Å²) in [7, 11) is 3.05. The third-order valence-corrected chi connectivity index (χ3v) is 5.64. The van der Waals surface area contributed by atoms with Crippen LogP contribution in [0.25, 0.3) is 10.9 Å². The van der Waals surface area contributed by atoms with Gasteiger partial charge in [-0.1, -0.05) is 30.3 Å². The Kier molecular flexibility index (Phi) is 7.83. The summed E-state index contributed by atoms with van der Waals surface area (Å²) in [5, 5.41) is 3.24. The van der Waals surface area contributed by atoms with Crippen molar-refractivity contribution < 1.29 is 28.2 Å². The van der Waals surface area contributed by atoms with Crippen LogP contribution in [0.4, 0.5) is 10.1 Å². The molecule has 37 heavy (non-hydrogen) atoms. The first-order valence-electron chi connectivity index (χ1n) is 11.5. The number of methoxy groups -OCH3 is 2. The van der Waals surface area contributed by atoms with Crippen LogP contribution in [0, 0.1) is 5.82 Å². The van der Waals surface area contributed by atoms with Crippen molar-refractivity contribution >= 4 is 28.4 Å². The minimum absolute atomic E-state index is 0.0327. The zero-order valence-electron chi connectivity index (χ0n) is 20.7. The number of anilines is 1. The summed E-state index contributed by atoms with van der Waals surface area (Å²) >= 11 is 0. The molecule has 190 valence electrons. The Morgan fingerprint density at radius 1 is 0.919 bits per heavy atom. The van der Waals surface area contributed by atoms with Gasteiger partial charge in [0.2, 0.25) is 11.8 Å². The van der Waals surface area contributed by atoms with Crippen molar-refractivity contribution in [3.63, 3.8) is 0 Å². The van der Waals surface area contributed by atoms with Gasteiger partial charge >= 0.3 is 0 Å². The molecule has 0 saturated heterocycles. The SMILES string of the molecule is COc1cc2nccc(Oc3ccc(NC(=O)CN(Cc4ccccc4)C(C)=O)cc3F)c2cc1OC. The number of benzene rings is 3. The van der Waals surface area contributed by atoms with Crippen molar-refractivity contribution in [2.24, 2.45) is 0 Å². The van der Waals surface area contributed by atoms with E-state index in [0.29, 0.717) is 34.7 Å². The third-order valence-electron chi connectivity index (χ3n) is 5.64. The van der Waals surface area contributed by atoms with Gasteiger partial charge in [-0.05, 0) is 29.8 Å². The predicted octanol–water partition coefficient (Wildman–Crippen LogP) is 5.17. The predicted molar refractivity (Wildman–Crippen MR) is 137 cm³/mol. The van der Waals surface area contributed by atoms with Gasteiger partial charge in [0.1, 0.15) is 12.3 Å². The standard InChI is InChI=1S/C28H26FN3O5/c1-18(33)32(16-19-7-5-4-6-8-19)17-28(34)31-20-9-10-25(22(29)13-20)37-24-11-12-30-23-15-27(36-3)26(35-2)14-21(23)24/h4-15H,16-17H2,1-3H3,(H,31,34). The summed E-state index contributed by atoms with van der Waals surface area (Å²) in [6, 6.07) is 18.5. The average Bonchev–Trinajstić information content (AvgIpc) is 2.89. The van der Waals surface area contributed by atoms with Crippen LogP contribution in [-0.4, -0.2) is 42.5 Å². The van der Waals surface area contributed by atoms with Gasteiger partial charge in [-0.3, -0.25) is 14.6 Å². The molecule has 9 heteroatoms. The van der Waals surface area contributed by atoms with Gasteiger partial charge in [-0.15, -0.1) is 0 Å². The summed E-state index contributed by atoms with van der Waals surface area (Å²) in [6.45, 7) is 1.52. The molecule has 1 heterocycles. The van der Waals surface area contributed by atoms with E-state index in [2.05, 4.69) is 10.3 Å². The van der Waals surface area contributed by atoms with Crippen molar-refractivity contribution in [2.75, 3.05) is 26.1 Å². The summed E-state index contributed by atoms with van der Waals surface area (Å²) in [5.41, 5.74) is 1.73. The van der Waals surface area contributed by atoms with Crippen LogP contribution in [0.5, 0.6) is 23.0 Å². The number of nitrogens with zero attached hydrogens (tertiary/aromatic N) is 2. The number of amides is 2. The maximum atomic E-state index is 14.9. The molecule has 0 saturated carbocycles. The fraction of sp³-hybridized carbons (Fsp3) is 0.179. The largest absolute Gasteiger partial charge is 0.493 e. The highest BCUT2D eigenvalue weighted by Gasteiger charge is 2.16. The molecule has 4 rings (SSSR count). The minimum Gasteiger partial charge on any atom is -0.493 e. The van der Waals surface area contributed by atoms with Gasteiger partial charge in [0, 0.05) is 42.9 Å². The Bertz CT molecular complexity index is 1430. The first-order chi connectivity index (χ1) is 17.9. The first-order valence-corrected chi connectivity index (χ1v) is 11.5. The highest BCUT2D eigenvalue weighted by Crippen LogP contribution is 2.37. The van der Waals surface area contributed by atoms with Crippen molar-refractivity contribution in [1.82, 2.24) is 9.88 Å². The normalized spacial score (nSPS) is 10.6. The van der Waals surface area contributed by atoms with Gasteiger partial charge in [0.05, 0.1) is 19.7 Å². The third kappa shape index (κ3) is 6.13. The van der Waals surface area contributed by atoms with Gasteiger partial charge in [0.15, 0.2) is 23.1 Å². The average molecular weight is 504 g/mol. The van der Waals surface area contributed by atoms with E-state index >= 15 is 0 Å². The lowest BCUT2D eigenvalue weighted by Gasteiger charge is -2.20. The number of carbonyl (C=O) groups excluding carboxylic acids is 2. The molecule has 2 amide bonds. The summed E-state index contributed by atoms with van der Waals surface area (Å²) in [6.07, 6.45) is 1.55. The molecule has 0 bridgehead atoms. The number of fused-ring (bicyclic) bond motifs is 1. The first kappa shape index (κ1) is 25.4. The molecule has 8 nitrogen and oxygen atoms in total. The van der Waals surface area contributed by atoms with Crippen LogP contribution < -0.4 is 19.5 Å². The molecule has 0 radical (unpaired) electrons. The van der Waals surface area contributed by atoms with Gasteiger partial charge < -0.3 is 24.4 Å². The van der Waals surface area contributed by atoms with E-state index in [1.165, 1.54) is 38.2 Å². The Labute approximate surface area is 213 Å². The Balaban J connectivity index is 1.47. The molecule has 0 aliphatic heterocycles. The molecule has 1 N–H and O–H groups in total. The van der Waals surface area contributed by atoms with Gasteiger partial charge in [-0.2, -0.15) is 0 Å². The van der Waals surface area contributed by atoms with E-state index in [-0.39, 0.29) is 23.9 Å². The van der Waals surface area contributed by atoms with Crippen LogP contribution in [0.3, 0.4) is 0 Å². The molecule has 0 fully saturated rings. The summed E-state index contributed by atoms with van der Waals surface area (Å²) in [4.78, 5) is 30.3. The van der Waals surface area contributed by atoms with E-state index in [1.807, 2.05) is 30.3 Å². The Morgan fingerprint density at radius 2 is 1.65 bits per heavy atom. The quantitative estimate of drug-likeness (QED) is 0.339. The number of hydrogen-bond donors (Lipinski definition) is 1. The van der Waals surface area contributed by atoms with E-state index in [9.17, 15) is 14.0 Å². The molecule has 0 aliphatic rings. The minimum atomic E-state index is -0.670. The molecule has 0 unspecified atom stereocenters. The second-order valence-corrected chi connectivity index (χ2v) is 8.19. The molecular weight excluding hydrogens is 477 g/mol. The van der Waals surface area contributed by atoms with E-state index in [1.54, 1.807) is 24.4 Å². The second-order valence-electron chi connectivity index (χ2n) is 8.19. The lowest BCUT2D eigenvalue weighted by Crippen LogP contribution is -2.36. The van der Waals surface area contributed by atoms with E-state index < -0.39 is 11.7 Å². The highest BCUT2D eigenvalue weighted by molar-refractivity contribution is 5.94. The molecule has 4 aromatic rings. The zero-order valence-corrected chi connectivity index (χ0v) is 20.7. The van der Waals surface area contributed by atoms with Crippen LogP contribution in [0.2, 0.25) is 0 Å². The van der Waals surface area contributed by atoms with Gasteiger partial charge in [0.25, 0.3) is 0 Å². The zero-order chi connectivity index (χ0) is 26.4. The van der Waals surface area contributed by atoms with Crippen molar-refractivity contribution in [3.05, 3.63) is 84.3 Å². The number of ether oxygens (including phenoxy) is 3. The van der Waals surface area contributed by atoms with Crippen molar-refractivity contribution in [3.8, 4) is 23.0 Å². The van der Waals surface area contributed by atoms with E-state index in [4.69, 9.17) is 14.2 Å². The molecule has 1 aromatic heterocycles. The summed E-state index contributed by atoms with van der Waals surface area (Å²) in [5.74, 6) is -0.0188. The number of nitrogens with one attached hydrogen (secondary N) is 1. The van der Waals surface area contributed by atoms with Crippen LogP contribution in [-0.2, 0) is 16.1 Å². The van der Waals surface area contributed by atoms with Gasteiger partial charge in [-0.25, -0.2) is 4.39 Å². The number of aromatic nitrogens is 1. The number of halogens is 1. The topological polar surface area (TPSA) is 90.0 Å². The maximum absolute atomic E-state index is 14.9. The van der Waals surface area contributed by atoms with Crippen LogP contribution in [0.15, 0.2) is 72.9 Å². The fourth-order valence-corrected chi connectivity index (χ4v) is 3.77. The monoisotopic (exact) mass is 503 g/mol. The molecule has 3 aromatic carbocycles. The molecule has 0 spiro atoms. The van der Waals surface area contributed by atoms with Crippen molar-refractivity contribution in [2.45, 2.75) is 13.5 Å². The number of rotatable bonds is 9. The molecule has 0 aliphatic carbocycles. The van der Waals surface area contributed by atoms with Crippen LogP contribution in [0.1, 0.15) is 12.5 Å². The molecular formula is C28H26FN3O5. The maximum Gasteiger partial charge on any atom is 0.244 e. The number of pyridine rings is 1. The highest BCUT2D eigenvalue weighted by atomic mass is 19.1. The Morgan fingerprint density at radius 3 is 2.32 bits per heavy atom. The second kappa shape index (κ2) is 11.4. The molecule has 0 atom stereocenters. The van der Waals surface area contributed by atoms with E-state index in [0.717, 1.165) is 11.6 Å². The smallest absolute Gasteiger partial charge is 0.244 e.